The Hall–Kier alpha value is -2.47. The van der Waals surface area contributed by atoms with Gasteiger partial charge in [-0.25, -0.2) is 0 Å². The fourth-order valence-electron chi connectivity index (χ4n) is 2.15. The second-order valence-corrected chi connectivity index (χ2v) is 4.67. The highest BCUT2D eigenvalue weighted by Crippen LogP contribution is 2.30. The number of nitrogens with one attached hydrogen (secondary N) is 1. The van der Waals surface area contributed by atoms with Crippen LogP contribution in [0.15, 0.2) is 48.5 Å². The van der Waals surface area contributed by atoms with Gasteiger partial charge in [0.15, 0.2) is 0 Å². The van der Waals surface area contributed by atoms with Gasteiger partial charge in [-0.1, -0.05) is 36.4 Å². The summed E-state index contributed by atoms with van der Waals surface area (Å²) < 4.78 is 5.37. The van der Waals surface area contributed by atoms with Gasteiger partial charge < -0.3 is 10.1 Å². The van der Waals surface area contributed by atoms with Crippen LogP contribution in [0.2, 0.25) is 0 Å². The molecule has 20 heavy (non-hydrogen) atoms. The lowest BCUT2D eigenvalue weighted by Gasteiger charge is -2.20. The van der Waals surface area contributed by atoms with Gasteiger partial charge in [0.25, 0.3) is 0 Å². The van der Waals surface area contributed by atoms with Crippen molar-refractivity contribution in [3.05, 3.63) is 59.7 Å². The largest absolute Gasteiger partial charge is 0.495 e. The second kappa shape index (κ2) is 6.63. The van der Waals surface area contributed by atoms with Crippen LogP contribution in [0.5, 0.6) is 5.75 Å². The van der Waals surface area contributed by atoms with Crippen LogP contribution in [-0.4, -0.2) is 7.11 Å². The van der Waals surface area contributed by atoms with Gasteiger partial charge in [0.05, 0.1) is 31.3 Å². The smallest absolute Gasteiger partial charge is 0.141 e. The SMILES string of the molecule is COc1ccc(C)cc1NC(CC#N)c1ccccc1. The van der Waals surface area contributed by atoms with Crippen LogP contribution in [-0.2, 0) is 0 Å². The summed E-state index contributed by atoms with van der Waals surface area (Å²) in [6.07, 6.45) is 0.404. The zero-order chi connectivity index (χ0) is 14.4. The van der Waals surface area contributed by atoms with E-state index < -0.39 is 0 Å². The first kappa shape index (κ1) is 14.0. The lowest BCUT2D eigenvalue weighted by atomic mass is 10.0. The highest BCUT2D eigenvalue weighted by molar-refractivity contribution is 5.59. The number of ether oxygens (including phenoxy) is 1. The topological polar surface area (TPSA) is 45.0 Å². The van der Waals surface area contributed by atoms with E-state index in [-0.39, 0.29) is 6.04 Å². The molecule has 0 aliphatic rings. The van der Waals surface area contributed by atoms with Crippen LogP contribution in [0.3, 0.4) is 0 Å². The molecule has 0 aliphatic carbocycles. The standard InChI is InChI=1S/C17H18N2O/c1-13-8-9-17(20-2)16(12-13)19-15(10-11-18)14-6-4-3-5-7-14/h3-9,12,15,19H,10H2,1-2H3. The number of nitrogens with zero attached hydrogens (tertiary/aromatic N) is 1. The lowest BCUT2D eigenvalue weighted by Crippen LogP contribution is -2.11. The van der Waals surface area contributed by atoms with Gasteiger partial charge in [-0.15, -0.1) is 0 Å². The molecule has 0 radical (unpaired) electrons. The fourth-order valence-corrected chi connectivity index (χ4v) is 2.15. The summed E-state index contributed by atoms with van der Waals surface area (Å²) in [7, 11) is 1.65. The highest BCUT2D eigenvalue weighted by atomic mass is 16.5. The van der Waals surface area contributed by atoms with Crippen LogP contribution in [0.4, 0.5) is 5.69 Å². The van der Waals surface area contributed by atoms with E-state index in [1.54, 1.807) is 7.11 Å². The number of rotatable bonds is 5. The van der Waals surface area contributed by atoms with Gasteiger partial charge in [0.1, 0.15) is 5.75 Å². The van der Waals surface area contributed by atoms with Gasteiger partial charge in [-0.3, -0.25) is 0 Å². The molecule has 0 heterocycles. The third kappa shape index (κ3) is 3.30. The van der Waals surface area contributed by atoms with Crippen LogP contribution < -0.4 is 10.1 Å². The van der Waals surface area contributed by atoms with Crippen LogP contribution in [0.1, 0.15) is 23.6 Å². The molecular formula is C17H18N2O. The minimum Gasteiger partial charge on any atom is -0.495 e. The molecule has 0 amide bonds. The third-order valence-corrected chi connectivity index (χ3v) is 3.18. The summed E-state index contributed by atoms with van der Waals surface area (Å²) in [5.74, 6) is 0.787. The number of hydrogen-bond donors (Lipinski definition) is 1. The maximum Gasteiger partial charge on any atom is 0.141 e. The predicted octanol–water partition coefficient (Wildman–Crippen LogP) is 4.07. The molecule has 0 spiro atoms. The van der Waals surface area contributed by atoms with Crippen molar-refractivity contribution in [3.63, 3.8) is 0 Å². The third-order valence-electron chi connectivity index (χ3n) is 3.18. The first-order valence-corrected chi connectivity index (χ1v) is 6.57. The first-order chi connectivity index (χ1) is 9.74. The second-order valence-electron chi connectivity index (χ2n) is 4.67. The number of benzene rings is 2. The molecule has 3 heteroatoms. The van der Waals surface area contributed by atoms with E-state index in [1.165, 1.54) is 0 Å². The summed E-state index contributed by atoms with van der Waals surface area (Å²) in [4.78, 5) is 0. The van der Waals surface area contributed by atoms with E-state index in [9.17, 15) is 0 Å². The monoisotopic (exact) mass is 266 g/mol. The number of aryl methyl sites for hydroxylation is 1. The number of methoxy groups -OCH3 is 1. The zero-order valence-corrected chi connectivity index (χ0v) is 11.8. The van der Waals surface area contributed by atoms with Crippen LogP contribution >= 0.6 is 0 Å². The van der Waals surface area contributed by atoms with Crippen LogP contribution in [0.25, 0.3) is 0 Å². The number of hydrogen-bond acceptors (Lipinski definition) is 3. The number of anilines is 1. The Kier molecular flexibility index (Phi) is 4.62. The molecule has 2 aromatic rings. The van der Waals surface area contributed by atoms with E-state index >= 15 is 0 Å². The Balaban J connectivity index is 2.29. The Labute approximate surface area is 119 Å². The van der Waals surface area contributed by atoms with Gasteiger partial charge in [0.2, 0.25) is 0 Å². The molecule has 102 valence electrons. The minimum absolute atomic E-state index is 0.0445. The summed E-state index contributed by atoms with van der Waals surface area (Å²) in [6.45, 7) is 2.03. The Morgan fingerprint density at radius 2 is 1.95 bits per heavy atom. The molecule has 0 fully saturated rings. The van der Waals surface area contributed by atoms with E-state index in [0.29, 0.717) is 6.42 Å². The molecular weight excluding hydrogens is 248 g/mol. The average Bonchev–Trinajstić information content (AvgIpc) is 2.48. The molecule has 2 rings (SSSR count). The van der Waals surface area contributed by atoms with Crippen molar-refractivity contribution in [3.8, 4) is 11.8 Å². The van der Waals surface area contributed by atoms with Crippen molar-refractivity contribution >= 4 is 5.69 Å². The average molecular weight is 266 g/mol. The molecule has 1 atom stereocenters. The van der Waals surface area contributed by atoms with Crippen molar-refractivity contribution < 1.29 is 4.74 Å². The highest BCUT2D eigenvalue weighted by Gasteiger charge is 2.13. The van der Waals surface area contributed by atoms with Gasteiger partial charge in [-0.05, 0) is 30.2 Å². The van der Waals surface area contributed by atoms with E-state index in [0.717, 1.165) is 22.6 Å². The van der Waals surface area contributed by atoms with Crippen molar-refractivity contribution in [1.82, 2.24) is 0 Å². The summed E-state index contributed by atoms with van der Waals surface area (Å²) >= 11 is 0. The Morgan fingerprint density at radius 1 is 1.20 bits per heavy atom. The quantitative estimate of drug-likeness (QED) is 0.887. The molecule has 0 aliphatic heterocycles. The molecule has 0 saturated carbocycles. The van der Waals surface area contributed by atoms with Crippen molar-refractivity contribution in [2.45, 2.75) is 19.4 Å². The molecule has 2 aromatic carbocycles. The molecule has 0 aromatic heterocycles. The number of nitriles is 1. The van der Waals surface area contributed by atoms with Crippen molar-refractivity contribution in [2.75, 3.05) is 12.4 Å². The molecule has 1 N–H and O–H groups in total. The Morgan fingerprint density at radius 3 is 2.60 bits per heavy atom. The summed E-state index contributed by atoms with van der Waals surface area (Å²) in [5, 5.41) is 12.4. The van der Waals surface area contributed by atoms with Crippen molar-refractivity contribution in [2.24, 2.45) is 0 Å². The van der Waals surface area contributed by atoms with Crippen LogP contribution in [0, 0.1) is 18.3 Å². The van der Waals surface area contributed by atoms with Crippen molar-refractivity contribution in [1.29, 1.82) is 5.26 Å². The molecule has 3 nitrogen and oxygen atoms in total. The maximum absolute atomic E-state index is 9.04. The Bertz CT molecular complexity index is 602. The molecule has 1 unspecified atom stereocenters. The first-order valence-electron chi connectivity index (χ1n) is 6.57. The van der Waals surface area contributed by atoms with E-state index in [2.05, 4.69) is 11.4 Å². The zero-order valence-electron chi connectivity index (χ0n) is 11.8. The maximum atomic E-state index is 9.04. The van der Waals surface area contributed by atoms with Gasteiger partial charge in [-0.2, -0.15) is 5.26 Å². The molecule has 0 bridgehead atoms. The summed E-state index contributed by atoms with van der Waals surface area (Å²) in [6, 6.07) is 18.2. The lowest BCUT2D eigenvalue weighted by molar-refractivity contribution is 0.416. The van der Waals surface area contributed by atoms with Gasteiger partial charge in [0, 0.05) is 0 Å². The normalized spacial score (nSPS) is 11.4. The fraction of sp³-hybridized carbons (Fsp3) is 0.235. The molecule has 0 saturated heterocycles. The summed E-state index contributed by atoms with van der Waals surface area (Å²) in [5.41, 5.74) is 3.16. The van der Waals surface area contributed by atoms with Gasteiger partial charge >= 0.3 is 0 Å². The van der Waals surface area contributed by atoms with E-state index in [1.807, 2.05) is 55.5 Å². The predicted molar refractivity (Wildman–Crippen MR) is 80.8 cm³/mol. The minimum atomic E-state index is -0.0445. The van der Waals surface area contributed by atoms with E-state index in [4.69, 9.17) is 10.00 Å².